The third-order valence-corrected chi connectivity index (χ3v) is 9.83. The van der Waals surface area contributed by atoms with Crippen LogP contribution in [-0.4, -0.2) is 62.9 Å². The number of hydrogen-bond donors (Lipinski definition) is 2. The molecule has 2 heterocycles. The Morgan fingerprint density at radius 1 is 0.960 bits per heavy atom. The van der Waals surface area contributed by atoms with E-state index in [9.17, 15) is 19.9 Å². The fraction of sp³-hybridized carbons (Fsp3) is 0.342. The number of carbonyl (C=O) groups excluding carboxylic acids is 1. The first-order valence-electron chi connectivity index (χ1n) is 16.4. The van der Waals surface area contributed by atoms with Crippen molar-refractivity contribution in [1.82, 2.24) is 10.2 Å². The van der Waals surface area contributed by atoms with E-state index < -0.39 is 17.9 Å². The molecule has 1 aliphatic heterocycles. The maximum absolute atomic E-state index is 13.5. The number of nitrogens with one attached hydrogen (secondary N) is 1. The summed E-state index contributed by atoms with van der Waals surface area (Å²) in [6, 6.07) is 19.1. The number of ether oxygens (including phenoxy) is 3. The molecule has 12 heteroatoms. The summed E-state index contributed by atoms with van der Waals surface area (Å²) < 4.78 is 17.4. The first kappa shape index (κ1) is 36.9. The van der Waals surface area contributed by atoms with E-state index >= 15 is 0 Å². The van der Waals surface area contributed by atoms with Gasteiger partial charge in [0.05, 0.1) is 26.4 Å². The van der Waals surface area contributed by atoms with Gasteiger partial charge in [0.25, 0.3) is 0 Å². The third-order valence-electron chi connectivity index (χ3n) is 9.18. The molecule has 5 rings (SSSR count). The molecule has 10 nitrogen and oxygen atoms in total. The Hall–Kier alpha value is -4.35. The van der Waals surface area contributed by atoms with Gasteiger partial charge in [0.1, 0.15) is 16.1 Å². The molecule has 4 aromatic rings. The summed E-state index contributed by atoms with van der Waals surface area (Å²) in [5.74, 6) is -0.808. The normalized spacial score (nSPS) is 14.9. The van der Waals surface area contributed by atoms with Crippen LogP contribution >= 0.6 is 23.2 Å². The van der Waals surface area contributed by atoms with Gasteiger partial charge in [0, 0.05) is 18.0 Å². The summed E-state index contributed by atoms with van der Waals surface area (Å²) in [5, 5.41) is 26.0. The number of likely N-dealkylation sites (tertiary alicyclic amines) is 1. The highest BCUT2D eigenvalue weighted by Gasteiger charge is 2.28. The minimum absolute atomic E-state index is 0.0766. The smallest absolute Gasteiger partial charge is 0.335 e. The summed E-state index contributed by atoms with van der Waals surface area (Å²) in [5.41, 5.74) is 3.25. The summed E-state index contributed by atoms with van der Waals surface area (Å²) in [4.78, 5) is 28.5. The fourth-order valence-electron chi connectivity index (χ4n) is 6.33. The number of aromatic nitrogens is 1. The van der Waals surface area contributed by atoms with Crippen LogP contribution in [0.5, 0.6) is 11.5 Å². The molecule has 0 amide bonds. The second-order valence-electron chi connectivity index (χ2n) is 12.5. The molecule has 264 valence electrons. The van der Waals surface area contributed by atoms with E-state index in [1.165, 1.54) is 26.6 Å². The van der Waals surface area contributed by atoms with Gasteiger partial charge in [0.2, 0.25) is 0 Å². The molecule has 50 heavy (non-hydrogen) atoms. The molecule has 2 atom stereocenters. The second kappa shape index (κ2) is 17.0. The molecular formula is C38H41Cl2N3O7. The van der Waals surface area contributed by atoms with Gasteiger partial charge in [-0.05, 0) is 85.8 Å². The number of carbonyl (C=O) groups is 2. The lowest BCUT2D eigenvalue weighted by molar-refractivity contribution is -0.605. The van der Waals surface area contributed by atoms with Crippen LogP contribution in [0.4, 0.5) is 0 Å². The van der Waals surface area contributed by atoms with Gasteiger partial charge in [0.15, 0.2) is 23.9 Å². The Morgan fingerprint density at radius 2 is 1.64 bits per heavy atom. The average molecular weight is 723 g/mol. The SMILES string of the molecule is COc1ccc([C@H](Cc2c(Cl)c[n+]([O-])cc2Cl)c2cc(CNC(C(=O)OCC3CCN(C)CC3)c3ccccc3)ccc2C(=O)O)cc1OC. The lowest BCUT2D eigenvalue weighted by Crippen LogP contribution is -2.34. The van der Waals surface area contributed by atoms with Crippen molar-refractivity contribution in [1.29, 1.82) is 0 Å². The molecule has 0 aliphatic carbocycles. The first-order valence-corrected chi connectivity index (χ1v) is 17.1. The van der Waals surface area contributed by atoms with Gasteiger partial charge < -0.3 is 29.4 Å². The largest absolute Gasteiger partial charge is 0.619 e. The van der Waals surface area contributed by atoms with Crippen molar-refractivity contribution in [3.63, 3.8) is 0 Å². The zero-order chi connectivity index (χ0) is 35.8. The Labute approximate surface area is 302 Å². The van der Waals surface area contributed by atoms with E-state index in [0.717, 1.165) is 37.1 Å². The molecule has 0 spiro atoms. The molecule has 1 aliphatic rings. The highest BCUT2D eigenvalue weighted by molar-refractivity contribution is 6.35. The number of aromatic carboxylic acids is 1. The maximum atomic E-state index is 13.5. The minimum atomic E-state index is -1.12. The van der Waals surface area contributed by atoms with Crippen molar-refractivity contribution >= 4 is 35.1 Å². The van der Waals surface area contributed by atoms with Crippen molar-refractivity contribution in [2.45, 2.75) is 37.8 Å². The Morgan fingerprint density at radius 3 is 2.28 bits per heavy atom. The quantitative estimate of drug-likeness (QED) is 0.0861. The van der Waals surface area contributed by atoms with E-state index in [4.69, 9.17) is 37.4 Å². The number of halogens is 2. The topological polar surface area (TPSA) is 124 Å². The first-order chi connectivity index (χ1) is 24.1. The maximum Gasteiger partial charge on any atom is 0.335 e. The number of nitrogens with zero attached hydrogens (tertiary/aromatic N) is 2. The number of rotatable bonds is 14. The van der Waals surface area contributed by atoms with Gasteiger partial charge in [-0.3, -0.25) is 5.32 Å². The van der Waals surface area contributed by atoms with Gasteiger partial charge in [-0.25, -0.2) is 9.59 Å². The van der Waals surface area contributed by atoms with E-state index in [1.54, 1.807) is 24.3 Å². The zero-order valence-electron chi connectivity index (χ0n) is 28.2. The molecule has 1 fully saturated rings. The Balaban J connectivity index is 1.49. The molecule has 1 unspecified atom stereocenters. The number of carboxylic acid groups (broad SMARTS) is 1. The molecule has 1 aromatic heterocycles. The van der Waals surface area contributed by atoms with Crippen LogP contribution in [0.15, 0.2) is 79.1 Å². The number of pyridine rings is 1. The van der Waals surface area contributed by atoms with Crippen molar-refractivity contribution in [2.75, 3.05) is 41.0 Å². The van der Waals surface area contributed by atoms with Crippen LogP contribution in [0.1, 0.15) is 63.0 Å². The number of methoxy groups -OCH3 is 2. The number of hydrogen-bond acceptors (Lipinski definition) is 8. The van der Waals surface area contributed by atoms with Crippen molar-refractivity contribution in [3.05, 3.63) is 128 Å². The van der Waals surface area contributed by atoms with E-state index in [0.29, 0.717) is 45.4 Å². The standard InChI is InChI=1S/C38H41Cl2N3O7/c1-42-15-13-24(14-16-42)23-50-38(46)36(26-7-5-4-6-8-26)41-20-25-9-11-28(37(44)45)30(17-25)29(19-31-32(39)21-43(47)22-33(31)40)27-10-12-34(48-2)35(18-27)49-3/h4-12,17-18,21-22,24,29,36,41H,13-16,19-20,23H2,1-3H3,(H,44,45)/t29-,36?/m0/s1. The molecule has 1 saturated heterocycles. The van der Waals surface area contributed by atoms with Gasteiger partial charge >= 0.3 is 11.9 Å². The van der Waals surface area contributed by atoms with Crippen LogP contribution in [-0.2, 0) is 22.5 Å². The molecule has 0 radical (unpaired) electrons. The lowest BCUT2D eigenvalue weighted by Gasteiger charge is -2.29. The molecule has 3 aromatic carbocycles. The van der Waals surface area contributed by atoms with Gasteiger partial charge in [-0.1, -0.05) is 71.7 Å². The van der Waals surface area contributed by atoms with Crippen LogP contribution in [0.2, 0.25) is 10.0 Å². The number of benzene rings is 3. The predicted octanol–water partition coefficient (Wildman–Crippen LogP) is 6.43. The van der Waals surface area contributed by atoms with Crippen molar-refractivity contribution in [3.8, 4) is 11.5 Å². The minimum Gasteiger partial charge on any atom is -0.619 e. The number of piperidine rings is 1. The van der Waals surface area contributed by atoms with Crippen LogP contribution in [0.25, 0.3) is 0 Å². The predicted molar refractivity (Wildman–Crippen MR) is 191 cm³/mol. The second-order valence-corrected chi connectivity index (χ2v) is 13.3. The summed E-state index contributed by atoms with van der Waals surface area (Å²) in [6.45, 7) is 2.54. The summed E-state index contributed by atoms with van der Waals surface area (Å²) >= 11 is 13.1. The molecule has 2 N–H and O–H groups in total. The highest BCUT2D eigenvalue weighted by atomic mass is 35.5. The number of carboxylic acids is 1. The fourth-order valence-corrected chi connectivity index (χ4v) is 6.93. The molecular weight excluding hydrogens is 681 g/mol. The van der Waals surface area contributed by atoms with E-state index in [1.807, 2.05) is 42.5 Å². The van der Waals surface area contributed by atoms with Crippen molar-refractivity contribution in [2.24, 2.45) is 5.92 Å². The van der Waals surface area contributed by atoms with Crippen LogP contribution in [0.3, 0.4) is 0 Å². The van der Waals surface area contributed by atoms with Crippen LogP contribution < -0.4 is 19.5 Å². The lowest BCUT2D eigenvalue weighted by atomic mass is 9.82. The zero-order valence-corrected chi connectivity index (χ0v) is 29.7. The van der Waals surface area contributed by atoms with E-state index in [2.05, 4.69) is 17.3 Å². The highest BCUT2D eigenvalue weighted by Crippen LogP contribution is 2.39. The Bertz CT molecular complexity index is 1780. The molecule has 0 saturated carbocycles. The summed E-state index contributed by atoms with van der Waals surface area (Å²) in [6.07, 6.45) is 4.54. The number of esters is 1. The molecule has 0 bridgehead atoms. The van der Waals surface area contributed by atoms with E-state index in [-0.39, 0.29) is 34.5 Å². The third kappa shape index (κ3) is 9.05. The van der Waals surface area contributed by atoms with Gasteiger partial charge in [-0.15, -0.1) is 0 Å². The van der Waals surface area contributed by atoms with Gasteiger partial charge in [-0.2, -0.15) is 4.73 Å². The monoisotopic (exact) mass is 721 g/mol. The van der Waals surface area contributed by atoms with Crippen LogP contribution in [0, 0.1) is 11.1 Å². The van der Waals surface area contributed by atoms with Crippen molar-refractivity contribution < 1.29 is 33.6 Å². The summed E-state index contributed by atoms with van der Waals surface area (Å²) in [7, 11) is 5.14. The average Bonchev–Trinajstić information content (AvgIpc) is 3.11. The Kier molecular flexibility index (Phi) is 12.6.